The molecule has 0 saturated carbocycles. The molecule has 2 unspecified atom stereocenters. The first-order valence-electron chi connectivity index (χ1n) is 6.17. The molecule has 2 nitrogen and oxygen atoms in total. The van der Waals surface area contributed by atoms with Crippen LogP contribution in [-0.4, -0.2) is 25.8 Å². The van der Waals surface area contributed by atoms with Gasteiger partial charge in [-0.1, -0.05) is 6.92 Å². The van der Waals surface area contributed by atoms with Crippen molar-refractivity contribution < 1.29 is 4.74 Å². The number of hydrogen-bond acceptors (Lipinski definition) is 2. The molecule has 0 aliphatic carbocycles. The van der Waals surface area contributed by atoms with Crippen LogP contribution >= 0.6 is 0 Å². The molecule has 82 valence electrons. The van der Waals surface area contributed by atoms with E-state index in [1.54, 1.807) is 0 Å². The van der Waals surface area contributed by atoms with Crippen LogP contribution in [0.15, 0.2) is 0 Å². The molecule has 0 spiro atoms. The van der Waals surface area contributed by atoms with Gasteiger partial charge in [0.15, 0.2) is 0 Å². The van der Waals surface area contributed by atoms with Crippen molar-refractivity contribution >= 4 is 0 Å². The Hall–Kier alpha value is -0.0800. The lowest BCUT2D eigenvalue weighted by Gasteiger charge is -2.31. The Morgan fingerprint density at radius 1 is 1.21 bits per heavy atom. The van der Waals surface area contributed by atoms with Crippen molar-refractivity contribution in [2.75, 3.05) is 19.7 Å². The summed E-state index contributed by atoms with van der Waals surface area (Å²) in [6.07, 6.45) is 7.16. The van der Waals surface area contributed by atoms with Crippen LogP contribution < -0.4 is 5.32 Å². The predicted molar refractivity (Wildman–Crippen MR) is 58.3 cm³/mol. The molecule has 0 aromatic heterocycles. The van der Waals surface area contributed by atoms with E-state index in [1.165, 1.54) is 45.2 Å². The SMILES string of the molecule is CC1CCOC(CC2CCNCC2)C1. The first-order chi connectivity index (χ1) is 6.84. The Morgan fingerprint density at radius 2 is 2.00 bits per heavy atom. The van der Waals surface area contributed by atoms with Crippen molar-refractivity contribution in [1.29, 1.82) is 0 Å². The molecule has 0 aromatic carbocycles. The zero-order valence-corrected chi connectivity index (χ0v) is 9.30. The fourth-order valence-corrected chi connectivity index (χ4v) is 2.72. The Kier molecular flexibility index (Phi) is 3.82. The number of ether oxygens (including phenoxy) is 1. The average Bonchev–Trinajstić information content (AvgIpc) is 2.19. The second kappa shape index (κ2) is 5.13. The number of hydrogen-bond donors (Lipinski definition) is 1. The van der Waals surface area contributed by atoms with Gasteiger partial charge in [-0.2, -0.15) is 0 Å². The predicted octanol–water partition coefficient (Wildman–Crippen LogP) is 2.19. The van der Waals surface area contributed by atoms with E-state index in [2.05, 4.69) is 12.2 Å². The van der Waals surface area contributed by atoms with E-state index < -0.39 is 0 Å². The Balaban J connectivity index is 1.72. The monoisotopic (exact) mass is 197 g/mol. The third-order valence-electron chi connectivity index (χ3n) is 3.68. The first kappa shape index (κ1) is 10.4. The standard InChI is InChI=1S/C12H23NO/c1-10-4-7-14-12(8-10)9-11-2-5-13-6-3-11/h10-13H,2-9H2,1H3. The van der Waals surface area contributed by atoms with Gasteiger partial charge in [-0.3, -0.25) is 0 Å². The summed E-state index contributed by atoms with van der Waals surface area (Å²) in [5.41, 5.74) is 0. The Morgan fingerprint density at radius 3 is 2.71 bits per heavy atom. The molecule has 0 aromatic rings. The fraction of sp³-hybridized carbons (Fsp3) is 1.00. The lowest BCUT2D eigenvalue weighted by Crippen LogP contribution is -2.32. The number of nitrogens with one attached hydrogen (secondary N) is 1. The van der Waals surface area contributed by atoms with Crippen LogP contribution in [-0.2, 0) is 4.74 Å². The summed E-state index contributed by atoms with van der Waals surface area (Å²) < 4.78 is 5.83. The molecule has 0 radical (unpaired) electrons. The normalized spacial score (nSPS) is 35.8. The maximum Gasteiger partial charge on any atom is 0.0580 e. The molecule has 2 saturated heterocycles. The minimum atomic E-state index is 0.571. The van der Waals surface area contributed by atoms with Crippen LogP contribution in [0.1, 0.15) is 39.0 Å². The van der Waals surface area contributed by atoms with Gasteiger partial charge in [0, 0.05) is 6.61 Å². The van der Waals surface area contributed by atoms with Crippen molar-refractivity contribution in [2.45, 2.75) is 45.1 Å². The highest BCUT2D eigenvalue weighted by Gasteiger charge is 2.23. The van der Waals surface area contributed by atoms with Crippen molar-refractivity contribution in [3.05, 3.63) is 0 Å². The summed E-state index contributed by atoms with van der Waals surface area (Å²) in [5, 5.41) is 3.42. The summed E-state index contributed by atoms with van der Waals surface area (Å²) in [5.74, 6) is 1.81. The topological polar surface area (TPSA) is 21.3 Å². The van der Waals surface area contributed by atoms with E-state index in [4.69, 9.17) is 4.74 Å². The summed E-state index contributed by atoms with van der Waals surface area (Å²) in [6.45, 7) is 5.79. The second-order valence-corrected chi connectivity index (χ2v) is 5.05. The molecule has 2 rings (SSSR count). The van der Waals surface area contributed by atoms with Crippen LogP contribution in [0.3, 0.4) is 0 Å². The van der Waals surface area contributed by atoms with Gasteiger partial charge in [0.2, 0.25) is 0 Å². The van der Waals surface area contributed by atoms with Crippen LogP contribution in [0.2, 0.25) is 0 Å². The van der Waals surface area contributed by atoms with Gasteiger partial charge in [0.25, 0.3) is 0 Å². The molecule has 2 aliphatic heterocycles. The fourth-order valence-electron chi connectivity index (χ4n) is 2.72. The molecular formula is C12H23NO. The van der Waals surface area contributed by atoms with Crippen LogP contribution in [0.4, 0.5) is 0 Å². The van der Waals surface area contributed by atoms with Gasteiger partial charge < -0.3 is 10.1 Å². The van der Waals surface area contributed by atoms with Gasteiger partial charge in [0.05, 0.1) is 6.10 Å². The van der Waals surface area contributed by atoms with E-state index in [-0.39, 0.29) is 0 Å². The molecule has 2 aliphatic rings. The lowest BCUT2D eigenvalue weighted by molar-refractivity contribution is -0.0201. The highest BCUT2D eigenvalue weighted by molar-refractivity contribution is 4.76. The van der Waals surface area contributed by atoms with E-state index in [1.807, 2.05) is 0 Å². The van der Waals surface area contributed by atoms with Gasteiger partial charge in [-0.05, 0) is 57.0 Å². The van der Waals surface area contributed by atoms with Crippen molar-refractivity contribution in [2.24, 2.45) is 11.8 Å². The quantitative estimate of drug-likeness (QED) is 0.732. The molecule has 0 amide bonds. The molecular weight excluding hydrogens is 174 g/mol. The number of piperidine rings is 1. The molecule has 0 bridgehead atoms. The third-order valence-corrected chi connectivity index (χ3v) is 3.68. The lowest BCUT2D eigenvalue weighted by atomic mass is 9.87. The average molecular weight is 197 g/mol. The first-order valence-corrected chi connectivity index (χ1v) is 6.17. The van der Waals surface area contributed by atoms with E-state index >= 15 is 0 Å². The van der Waals surface area contributed by atoms with E-state index in [0.717, 1.165) is 18.4 Å². The smallest absolute Gasteiger partial charge is 0.0580 e. The number of rotatable bonds is 2. The van der Waals surface area contributed by atoms with E-state index in [9.17, 15) is 0 Å². The van der Waals surface area contributed by atoms with Gasteiger partial charge in [-0.25, -0.2) is 0 Å². The molecule has 2 heterocycles. The third kappa shape index (κ3) is 2.96. The van der Waals surface area contributed by atoms with Crippen LogP contribution in [0.25, 0.3) is 0 Å². The van der Waals surface area contributed by atoms with Gasteiger partial charge in [0.1, 0.15) is 0 Å². The van der Waals surface area contributed by atoms with E-state index in [0.29, 0.717) is 6.10 Å². The summed E-state index contributed by atoms with van der Waals surface area (Å²) in [6, 6.07) is 0. The van der Waals surface area contributed by atoms with Crippen molar-refractivity contribution in [1.82, 2.24) is 5.32 Å². The maximum atomic E-state index is 5.83. The summed E-state index contributed by atoms with van der Waals surface area (Å²) >= 11 is 0. The molecule has 1 N–H and O–H groups in total. The Labute approximate surface area is 87.4 Å². The van der Waals surface area contributed by atoms with Crippen molar-refractivity contribution in [3.63, 3.8) is 0 Å². The van der Waals surface area contributed by atoms with Crippen LogP contribution in [0.5, 0.6) is 0 Å². The minimum absolute atomic E-state index is 0.571. The molecule has 2 heteroatoms. The minimum Gasteiger partial charge on any atom is -0.378 e. The second-order valence-electron chi connectivity index (χ2n) is 5.05. The molecule has 14 heavy (non-hydrogen) atoms. The molecule has 2 fully saturated rings. The summed E-state index contributed by atoms with van der Waals surface area (Å²) in [4.78, 5) is 0. The Bertz CT molecular complexity index is 166. The van der Waals surface area contributed by atoms with Gasteiger partial charge in [-0.15, -0.1) is 0 Å². The van der Waals surface area contributed by atoms with Crippen LogP contribution in [0, 0.1) is 11.8 Å². The summed E-state index contributed by atoms with van der Waals surface area (Å²) in [7, 11) is 0. The van der Waals surface area contributed by atoms with Crippen molar-refractivity contribution in [3.8, 4) is 0 Å². The maximum absolute atomic E-state index is 5.83. The van der Waals surface area contributed by atoms with Gasteiger partial charge >= 0.3 is 0 Å². The highest BCUT2D eigenvalue weighted by atomic mass is 16.5. The molecule has 2 atom stereocenters. The zero-order chi connectivity index (χ0) is 9.80. The highest BCUT2D eigenvalue weighted by Crippen LogP contribution is 2.27. The largest absolute Gasteiger partial charge is 0.378 e. The zero-order valence-electron chi connectivity index (χ0n) is 9.30.